The minimum absolute atomic E-state index is 0.0790. The van der Waals surface area contributed by atoms with Crippen LogP contribution in [-0.2, 0) is 6.54 Å². The van der Waals surface area contributed by atoms with E-state index in [-0.39, 0.29) is 24.6 Å². The molecule has 2 N–H and O–H groups in total. The molecule has 0 fully saturated rings. The van der Waals surface area contributed by atoms with Crippen molar-refractivity contribution in [2.45, 2.75) is 6.54 Å². The Balaban J connectivity index is 1.51. The average molecular weight is 366 g/mol. The molecule has 130 valence electrons. The number of rotatable bonds is 4. The Morgan fingerprint density at radius 2 is 2.04 bits per heavy atom. The number of fused-ring (bicyclic) bond motifs is 2. The summed E-state index contributed by atoms with van der Waals surface area (Å²) in [5.41, 5.74) is -0.710. The van der Waals surface area contributed by atoms with Gasteiger partial charge in [0.25, 0.3) is 11.5 Å². The predicted octanol–water partition coefficient (Wildman–Crippen LogP) is 1.73. The monoisotopic (exact) mass is 366 g/mol. The summed E-state index contributed by atoms with van der Waals surface area (Å²) in [5, 5.41) is 4.10. The Hall–Kier alpha value is -3.26. The van der Waals surface area contributed by atoms with Gasteiger partial charge in [0.1, 0.15) is 5.65 Å². The summed E-state index contributed by atoms with van der Waals surface area (Å²) < 4.78 is 2.10. The summed E-state index contributed by atoms with van der Waals surface area (Å²) in [7, 11) is 0. The summed E-state index contributed by atoms with van der Waals surface area (Å²) >= 11 is 1.40. The van der Waals surface area contributed by atoms with Crippen LogP contribution >= 0.6 is 11.3 Å². The van der Waals surface area contributed by atoms with E-state index in [9.17, 15) is 14.4 Å². The van der Waals surface area contributed by atoms with E-state index in [0.29, 0.717) is 10.3 Å². The Morgan fingerprint density at radius 1 is 1.19 bits per heavy atom. The van der Waals surface area contributed by atoms with Gasteiger partial charge in [-0.15, -0.1) is 11.3 Å². The standard InChI is InChI=1S/C18H14N4O3S/c23-16(14-10-11-4-1-2-6-13(11)26-14)20-8-9-22-17(24)12-5-3-7-19-15(12)21-18(22)25/h1-7,10H,8-9H2,(H,20,23)(H,19,21,25). The van der Waals surface area contributed by atoms with Crippen molar-refractivity contribution in [1.29, 1.82) is 0 Å². The second kappa shape index (κ2) is 6.57. The molecule has 0 aliphatic heterocycles. The van der Waals surface area contributed by atoms with Crippen LogP contribution in [0.5, 0.6) is 0 Å². The lowest BCUT2D eigenvalue weighted by Crippen LogP contribution is -2.39. The quantitative estimate of drug-likeness (QED) is 0.575. The predicted molar refractivity (Wildman–Crippen MR) is 101 cm³/mol. The van der Waals surface area contributed by atoms with Gasteiger partial charge in [0.15, 0.2) is 0 Å². The van der Waals surface area contributed by atoms with E-state index in [1.54, 1.807) is 12.1 Å². The van der Waals surface area contributed by atoms with Gasteiger partial charge in [0, 0.05) is 24.0 Å². The molecule has 1 amide bonds. The maximum absolute atomic E-state index is 12.4. The lowest BCUT2D eigenvalue weighted by atomic mass is 10.2. The molecule has 0 aliphatic carbocycles. The zero-order valence-corrected chi connectivity index (χ0v) is 14.4. The van der Waals surface area contributed by atoms with Gasteiger partial charge in [-0.25, -0.2) is 9.78 Å². The number of aromatic nitrogens is 3. The van der Waals surface area contributed by atoms with Gasteiger partial charge < -0.3 is 5.32 Å². The average Bonchev–Trinajstić information content (AvgIpc) is 3.08. The van der Waals surface area contributed by atoms with Gasteiger partial charge in [0.05, 0.1) is 10.3 Å². The molecular formula is C18H14N4O3S. The van der Waals surface area contributed by atoms with Gasteiger partial charge in [-0.1, -0.05) is 18.2 Å². The number of nitrogens with zero attached hydrogens (tertiary/aromatic N) is 2. The Morgan fingerprint density at radius 3 is 2.88 bits per heavy atom. The first-order chi connectivity index (χ1) is 12.6. The second-order valence-corrected chi connectivity index (χ2v) is 6.77. The number of benzene rings is 1. The number of H-pyrrole nitrogens is 1. The maximum Gasteiger partial charge on any atom is 0.330 e. The van der Waals surface area contributed by atoms with E-state index in [0.717, 1.165) is 14.7 Å². The van der Waals surface area contributed by atoms with Crippen molar-refractivity contribution < 1.29 is 4.79 Å². The molecule has 0 saturated carbocycles. The van der Waals surface area contributed by atoms with E-state index < -0.39 is 11.2 Å². The molecule has 3 aromatic heterocycles. The summed E-state index contributed by atoms with van der Waals surface area (Å²) in [6, 6.07) is 12.8. The molecule has 0 unspecified atom stereocenters. The third-order valence-corrected chi connectivity index (χ3v) is 5.14. The molecule has 0 radical (unpaired) electrons. The molecule has 0 spiro atoms. The zero-order valence-electron chi connectivity index (χ0n) is 13.6. The molecule has 0 aliphatic rings. The van der Waals surface area contributed by atoms with Crippen LogP contribution in [0.25, 0.3) is 21.1 Å². The molecule has 1 aromatic carbocycles. The van der Waals surface area contributed by atoms with Crippen LogP contribution in [0, 0.1) is 0 Å². The number of pyridine rings is 1. The van der Waals surface area contributed by atoms with E-state index in [1.165, 1.54) is 17.5 Å². The number of hydrogen-bond donors (Lipinski definition) is 2. The van der Waals surface area contributed by atoms with Crippen LogP contribution in [-0.4, -0.2) is 27.0 Å². The fourth-order valence-electron chi connectivity index (χ4n) is 2.75. The van der Waals surface area contributed by atoms with Crippen molar-refractivity contribution in [3.8, 4) is 0 Å². The number of thiophene rings is 1. The van der Waals surface area contributed by atoms with Crippen LogP contribution in [0.3, 0.4) is 0 Å². The SMILES string of the molecule is O=C(NCCn1c(=O)[nH]c2ncccc2c1=O)c1cc2ccccc2s1. The lowest BCUT2D eigenvalue weighted by Gasteiger charge is -2.07. The van der Waals surface area contributed by atoms with Crippen LogP contribution < -0.4 is 16.6 Å². The van der Waals surface area contributed by atoms with Crippen LogP contribution in [0.4, 0.5) is 0 Å². The summed E-state index contributed by atoms with van der Waals surface area (Å²) in [4.78, 5) is 43.9. The summed E-state index contributed by atoms with van der Waals surface area (Å²) in [6.45, 7) is 0.247. The van der Waals surface area contributed by atoms with Gasteiger partial charge in [-0.2, -0.15) is 0 Å². The smallest absolute Gasteiger partial charge is 0.330 e. The van der Waals surface area contributed by atoms with Gasteiger partial charge in [-0.05, 0) is 29.7 Å². The fourth-order valence-corrected chi connectivity index (χ4v) is 3.73. The minimum Gasteiger partial charge on any atom is -0.350 e. The number of nitrogens with one attached hydrogen (secondary N) is 2. The van der Waals surface area contributed by atoms with E-state index in [2.05, 4.69) is 15.3 Å². The normalized spacial score (nSPS) is 11.1. The highest BCUT2D eigenvalue weighted by atomic mass is 32.1. The highest BCUT2D eigenvalue weighted by molar-refractivity contribution is 7.20. The maximum atomic E-state index is 12.4. The Bertz CT molecular complexity index is 1210. The molecule has 3 heterocycles. The van der Waals surface area contributed by atoms with Gasteiger partial charge >= 0.3 is 5.69 Å². The van der Waals surface area contributed by atoms with E-state index >= 15 is 0 Å². The largest absolute Gasteiger partial charge is 0.350 e. The minimum atomic E-state index is -0.544. The first kappa shape index (κ1) is 16.2. The Kier molecular flexibility index (Phi) is 4.10. The highest BCUT2D eigenvalue weighted by Crippen LogP contribution is 2.24. The van der Waals surface area contributed by atoms with Crippen molar-refractivity contribution in [2.75, 3.05) is 6.54 Å². The third kappa shape index (κ3) is 2.91. The lowest BCUT2D eigenvalue weighted by molar-refractivity contribution is 0.0956. The molecular weight excluding hydrogens is 352 g/mol. The number of hydrogen-bond acceptors (Lipinski definition) is 5. The number of aromatic amines is 1. The van der Waals surface area contributed by atoms with Crippen LogP contribution in [0.15, 0.2) is 58.3 Å². The highest BCUT2D eigenvalue weighted by Gasteiger charge is 2.11. The molecule has 8 heteroatoms. The van der Waals surface area contributed by atoms with Crippen molar-refractivity contribution in [1.82, 2.24) is 19.9 Å². The molecule has 7 nitrogen and oxygen atoms in total. The number of carbonyl (C=O) groups excluding carboxylic acids is 1. The molecule has 0 bridgehead atoms. The fraction of sp³-hybridized carbons (Fsp3) is 0.111. The second-order valence-electron chi connectivity index (χ2n) is 5.69. The molecule has 4 rings (SSSR count). The molecule has 0 atom stereocenters. The zero-order chi connectivity index (χ0) is 18.1. The van der Waals surface area contributed by atoms with Gasteiger partial charge in [0.2, 0.25) is 0 Å². The number of amides is 1. The summed E-state index contributed by atoms with van der Waals surface area (Å²) in [5.74, 6) is -0.224. The first-order valence-corrected chi connectivity index (χ1v) is 8.80. The summed E-state index contributed by atoms with van der Waals surface area (Å²) in [6.07, 6.45) is 1.51. The van der Waals surface area contributed by atoms with Gasteiger partial charge in [-0.3, -0.25) is 19.1 Å². The first-order valence-electron chi connectivity index (χ1n) is 7.98. The molecule has 26 heavy (non-hydrogen) atoms. The third-order valence-electron chi connectivity index (χ3n) is 4.02. The van der Waals surface area contributed by atoms with Crippen LogP contribution in [0.2, 0.25) is 0 Å². The van der Waals surface area contributed by atoms with Crippen LogP contribution in [0.1, 0.15) is 9.67 Å². The van der Waals surface area contributed by atoms with Crippen molar-refractivity contribution >= 4 is 38.4 Å². The van der Waals surface area contributed by atoms with E-state index in [1.807, 2.05) is 30.3 Å². The number of carbonyl (C=O) groups is 1. The Labute approximate surface area is 150 Å². The van der Waals surface area contributed by atoms with E-state index in [4.69, 9.17) is 0 Å². The topological polar surface area (TPSA) is 96.8 Å². The van der Waals surface area contributed by atoms with Crippen molar-refractivity contribution in [3.63, 3.8) is 0 Å². The van der Waals surface area contributed by atoms with Crippen molar-refractivity contribution in [2.24, 2.45) is 0 Å². The molecule has 4 aromatic rings. The molecule has 0 saturated heterocycles. The van der Waals surface area contributed by atoms with Crippen molar-refractivity contribution in [3.05, 3.63) is 74.4 Å².